The molecule has 0 unspecified atom stereocenters. The number of rotatable bonds is 17. The van der Waals surface area contributed by atoms with Gasteiger partial charge >= 0.3 is 0 Å². The quantitative estimate of drug-likeness (QED) is 0.140. The summed E-state index contributed by atoms with van der Waals surface area (Å²) in [5, 5.41) is 0. The van der Waals surface area contributed by atoms with E-state index in [1.165, 1.54) is 0 Å². The highest BCUT2D eigenvalue weighted by Gasteiger charge is 2.82. The molecule has 0 aliphatic heterocycles. The molecule has 0 aromatic heterocycles. The van der Waals surface area contributed by atoms with Crippen LogP contribution < -0.4 is 0 Å². The number of hydrogen-bond donors (Lipinski definition) is 0. The zero-order valence-corrected chi connectivity index (χ0v) is 38.8. The molecule has 0 aliphatic carbocycles. The van der Waals surface area contributed by atoms with E-state index < -0.39 is 38.0 Å². The lowest BCUT2D eigenvalue weighted by atomic mass is 10.5. The van der Waals surface area contributed by atoms with Crippen LogP contribution in [0, 0.1) is 0 Å². The van der Waals surface area contributed by atoms with E-state index in [1.54, 1.807) is 0 Å². The van der Waals surface area contributed by atoms with E-state index in [0.29, 0.717) is 16.6 Å². The Morgan fingerprint density at radius 2 is 0.381 bits per heavy atom. The molecule has 0 spiro atoms. The Bertz CT molecular complexity index is 642. The summed E-state index contributed by atoms with van der Waals surface area (Å²) in [4.78, 5) is 0. The highest BCUT2D eigenvalue weighted by Crippen LogP contribution is 2.68. The van der Waals surface area contributed by atoms with Crippen molar-refractivity contribution in [3.63, 3.8) is 0 Å². The van der Waals surface area contributed by atoms with Crippen LogP contribution >= 0.6 is 0 Å². The molecule has 0 rings (SSSR count). The van der Waals surface area contributed by atoms with Crippen LogP contribution in [0.25, 0.3) is 0 Å². The zero-order valence-electron chi connectivity index (χ0n) is 33.8. The third-order valence-electron chi connectivity index (χ3n) is 13.5. The van der Waals surface area contributed by atoms with Gasteiger partial charge in [-0.2, -0.15) is 0 Å². The summed E-state index contributed by atoms with van der Waals surface area (Å²) in [5.41, 5.74) is 8.44. The van der Waals surface area contributed by atoms with Gasteiger partial charge in [0.25, 0.3) is 0 Å². The average Bonchev–Trinajstić information content (AvgIpc) is 2.75. The predicted molar refractivity (Wildman–Crippen MR) is 211 cm³/mol. The monoisotopic (exact) mass is 673 g/mol. The van der Waals surface area contributed by atoms with E-state index in [0.717, 1.165) is 49.9 Å². The lowest BCUT2D eigenvalue weighted by Crippen LogP contribution is -2.97. The normalized spacial score (nSPS) is 15.4. The maximum atomic E-state index is 9.42. The summed E-state index contributed by atoms with van der Waals surface area (Å²) < 4.78 is 9.42. The third-order valence-corrected chi connectivity index (χ3v) is 95.1. The van der Waals surface area contributed by atoms with E-state index in [-0.39, 0.29) is 0 Å². The molecular formula is C36H84OSi5. The fourth-order valence-electron chi connectivity index (χ4n) is 13.7. The molecule has 0 aromatic rings. The predicted octanol–water partition coefficient (Wildman–Crippen LogP) is 14.4. The average molecular weight is 673 g/mol. The maximum Gasteiger partial charge on any atom is 0.186 e. The van der Waals surface area contributed by atoms with Crippen LogP contribution in [0.4, 0.5) is 0 Å². The molecule has 254 valence electrons. The summed E-state index contributed by atoms with van der Waals surface area (Å²) >= 11 is 0. The van der Waals surface area contributed by atoms with Gasteiger partial charge in [-0.05, 0) is 16.6 Å². The van der Waals surface area contributed by atoms with Crippen molar-refractivity contribution in [2.45, 2.75) is 233 Å². The van der Waals surface area contributed by atoms with E-state index in [4.69, 9.17) is 0 Å². The van der Waals surface area contributed by atoms with Crippen molar-refractivity contribution >= 4 is 38.0 Å². The van der Waals surface area contributed by atoms with Gasteiger partial charge in [-0.25, -0.2) is 0 Å². The smallest absolute Gasteiger partial charge is 0.186 e. The Labute approximate surface area is 273 Å². The van der Waals surface area contributed by atoms with Crippen LogP contribution in [-0.2, 0) is 4.12 Å². The summed E-state index contributed by atoms with van der Waals surface area (Å²) in [6.07, 6.45) is 0. The van der Waals surface area contributed by atoms with Crippen LogP contribution in [0.1, 0.15) is 166 Å². The lowest BCUT2D eigenvalue weighted by molar-refractivity contribution is 0.489. The second kappa shape index (κ2) is 15.3. The largest absolute Gasteiger partial charge is 0.461 e. The molecule has 1 nitrogen and oxygen atoms in total. The Hall–Kier alpha value is 1.04. The Morgan fingerprint density at radius 1 is 0.238 bits per heavy atom. The van der Waals surface area contributed by atoms with E-state index in [1.807, 2.05) is 0 Å². The van der Waals surface area contributed by atoms with Gasteiger partial charge in [0.05, 0.1) is 22.8 Å². The van der Waals surface area contributed by atoms with Gasteiger partial charge in [0.2, 0.25) is 0 Å². The third kappa shape index (κ3) is 5.85. The molecule has 0 heterocycles. The first-order valence-corrected chi connectivity index (χ1v) is 32.2. The van der Waals surface area contributed by atoms with E-state index >= 15 is 0 Å². The number of hydrogen-bond acceptors (Lipinski definition) is 1. The first kappa shape index (κ1) is 43.0. The molecule has 0 N–H and O–H groups in total. The van der Waals surface area contributed by atoms with Gasteiger partial charge < -0.3 is 4.12 Å². The van der Waals surface area contributed by atoms with Gasteiger partial charge in [-0.1, -0.05) is 216 Å². The van der Waals surface area contributed by atoms with Crippen LogP contribution in [-0.4, -0.2) is 38.0 Å². The van der Waals surface area contributed by atoms with Crippen molar-refractivity contribution in [2.75, 3.05) is 0 Å². The van der Waals surface area contributed by atoms with Crippen molar-refractivity contribution < 1.29 is 4.12 Å². The topological polar surface area (TPSA) is 9.23 Å². The van der Waals surface area contributed by atoms with Crippen LogP contribution in [0.3, 0.4) is 0 Å². The molecule has 0 bridgehead atoms. The molecule has 0 saturated carbocycles. The highest BCUT2D eigenvalue weighted by atomic mass is 29.9. The van der Waals surface area contributed by atoms with Crippen molar-refractivity contribution in [1.82, 2.24) is 0 Å². The molecule has 0 aromatic carbocycles. The van der Waals surface area contributed by atoms with Crippen LogP contribution in [0.5, 0.6) is 0 Å². The second-order valence-electron chi connectivity index (χ2n) is 18.3. The fourth-order valence-corrected chi connectivity index (χ4v) is 152. The molecule has 0 fully saturated rings. The van der Waals surface area contributed by atoms with Gasteiger partial charge in [-0.15, -0.1) is 0 Å². The maximum absolute atomic E-state index is 9.42. The van der Waals surface area contributed by atoms with Crippen LogP contribution in [0.15, 0.2) is 0 Å². The first-order chi connectivity index (χ1) is 18.8. The second-order valence-corrected chi connectivity index (χ2v) is 60.3. The van der Waals surface area contributed by atoms with Crippen molar-refractivity contribution in [1.29, 1.82) is 0 Å². The van der Waals surface area contributed by atoms with Gasteiger partial charge in [0, 0.05) is 0 Å². The molecule has 0 radical (unpaired) electrons. The lowest BCUT2D eigenvalue weighted by Gasteiger charge is -2.76. The minimum atomic E-state index is -2.55. The molecular weight excluding hydrogens is 589 g/mol. The zero-order chi connectivity index (χ0) is 34.1. The molecule has 0 aliphatic rings. The molecule has 42 heavy (non-hydrogen) atoms. The van der Waals surface area contributed by atoms with E-state index in [2.05, 4.69) is 166 Å². The fraction of sp³-hybridized carbons (Fsp3) is 1.00. The first-order valence-electron chi connectivity index (χ1n) is 18.5. The molecule has 6 heteroatoms. The van der Waals surface area contributed by atoms with Crippen molar-refractivity contribution in [2.24, 2.45) is 0 Å². The molecule has 0 saturated heterocycles. The van der Waals surface area contributed by atoms with Crippen LogP contribution in [0.2, 0.25) is 66.5 Å². The highest BCUT2D eigenvalue weighted by molar-refractivity contribution is 7.90. The van der Waals surface area contributed by atoms with Crippen molar-refractivity contribution in [3.8, 4) is 0 Å². The Morgan fingerprint density at radius 3 is 0.476 bits per heavy atom. The Kier molecular flexibility index (Phi) is 15.7. The summed E-state index contributed by atoms with van der Waals surface area (Å²) in [7, 11) is -8.62. The van der Waals surface area contributed by atoms with E-state index in [9.17, 15) is 4.12 Å². The molecule has 0 amide bonds. The standard InChI is InChI=1S/C36H84OSi5/c1-25(2)38(26(3)4,27(5)6)37-42(39(28(7)8,29(9)10)30(11)12,40(31(13)14,32(15)16)33(17)18)41(34(19)20,35(21)22)36(23)24/h25-36H,1-24H3. The summed E-state index contributed by atoms with van der Waals surface area (Å²) in [6, 6.07) is 0. The summed E-state index contributed by atoms with van der Waals surface area (Å²) in [5.74, 6) is 0. The van der Waals surface area contributed by atoms with Gasteiger partial charge in [0.15, 0.2) is 8.32 Å². The van der Waals surface area contributed by atoms with Crippen molar-refractivity contribution in [3.05, 3.63) is 0 Å². The van der Waals surface area contributed by atoms with Gasteiger partial charge in [0.1, 0.15) is 6.87 Å². The molecule has 0 atom stereocenters. The summed E-state index contributed by atoms with van der Waals surface area (Å²) in [6.45, 7) is 61.7. The minimum absolute atomic E-state index is 0.624. The Balaban J connectivity index is 9.94. The minimum Gasteiger partial charge on any atom is -0.461 e. The van der Waals surface area contributed by atoms with Gasteiger partial charge in [-0.3, -0.25) is 0 Å². The SMILES string of the molecule is CC(C)[Si](O[Si]([Si](C(C)C)(C(C)C)C(C)C)([Si](C(C)C)(C(C)C)C(C)C)[Si](C(C)C)(C(C)C)C(C)C)(C(C)C)C(C)C.